The molecule has 0 aliphatic heterocycles. The van der Waals surface area contributed by atoms with Crippen LogP contribution in [-0.2, 0) is 17.8 Å². The maximum absolute atomic E-state index is 12.4. The number of hydrogen-bond acceptors (Lipinski definition) is 3. The second-order valence-electron chi connectivity index (χ2n) is 8.92. The molecule has 5 aromatic rings. The molecular formula is C30H26N2O4. The van der Waals surface area contributed by atoms with Gasteiger partial charge in [-0.3, -0.25) is 4.79 Å². The molecule has 4 aromatic carbocycles. The number of hydrogen-bond donors (Lipinski definition) is 2. The number of primary amides is 1. The largest absolute Gasteiger partial charge is 0.481 e. The number of carboxylic acid groups (broad SMARTS) is 1. The summed E-state index contributed by atoms with van der Waals surface area (Å²) in [6.07, 6.45) is 0.798. The first-order valence-corrected chi connectivity index (χ1v) is 11.7. The van der Waals surface area contributed by atoms with Gasteiger partial charge < -0.3 is 20.1 Å². The number of nitrogens with zero attached hydrogens (tertiary/aromatic N) is 1. The van der Waals surface area contributed by atoms with Crippen LogP contribution in [0.2, 0.25) is 0 Å². The lowest BCUT2D eigenvalue weighted by atomic mass is 9.99. The van der Waals surface area contributed by atoms with Crippen molar-refractivity contribution in [2.24, 2.45) is 5.73 Å². The summed E-state index contributed by atoms with van der Waals surface area (Å²) in [5, 5.41) is 10.6. The molecular weight excluding hydrogens is 452 g/mol. The van der Waals surface area contributed by atoms with E-state index < -0.39 is 18.5 Å². The summed E-state index contributed by atoms with van der Waals surface area (Å²) < 4.78 is 7.86. The summed E-state index contributed by atoms with van der Waals surface area (Å²) in [6, 6.07) is 27.9. The Kier molecular flexibility index (Phi) is 6.17. The minimum absolute atomic E-state index is 0.373. The van der Waals surface area contributed by atoms with Gasteiger partial charge in [-0.05, 0) is 59.9 Å². The first-order valence-electron chi connectivity index (χ1n) is 11.7. The van der Waals surface area contributed by atoms with E-state index in [1.165, 1.54) is 11.1 Å². The van der Waals surface area contributed by atoms with Gasteiger partial charge in [0.25, 0.3) is 0 Å². The van der Waals surface area contributed by atoms with E-state index in [-0.39, 0.29) is 0 Å². The van der Waals surface area contributed by atoms with E-state index in [0.29, 0.717) is 28.6 Å². The molecule has 0 spiro atoms. The van der Waals surface area contributed by atoms with Crippen molar-refractivity contribution in [3.63, 3.8) is 0 Å². The lowest BCUT2D eigenvalue weighted by Crippen LogP contribution is -2.11. The second kappa shape index (κ2) is 9.58. The van der Waals surface area contributed by atoms with Crippen molar-refractivity contribution >= 4 is 33.7 Å². The Morgan fingerprint density at radius 1 is 0.861 bits per heavy atom. The third kappa shape index (κ3) is 4.41. The molecule has 3 N–H and O–H groups in total. The van der Waals surface area contributed by atoms with Gasteiger partial charge in [0.2, 0.25) is 5.91 Å². The highest BCUT2D eigenvalue weighted by Gasteiger charge is 2.21. The zero-order valence-electron chi connectivity index (χ0n) is 19.9. The predicted molar refractivity (Wildman–Crippen MR) is 141 cm³/mol. The van der Waals surface area contributed by atoms with Crippen molar-refractivity contribution in [3.8, 4) is 5.75 Å². The van der Waals surface area contributed by atoms with Gasteiger partial charge in [0, 0.05) is 17.5 Å². The maximum atomic E-state index is 12.4. The Morgan fingerprint density at radius 3 is 2.31 bits per heavy atom. The second-order valence-corrected chi connectivity index (χ2v) is 8.92. The zero-order valence-corrected chi connectivity index (χ0v) is 19.9. The topological polar surface area (TPSA) is 94.6 Å². The lowest BCUT2D eigenvalue weighted by Gasteiger charge is -2.14. The van der Waals surface area contributed by atoms with E-state index in [2.05, 4.69) is 28.8 Å². The molecule has 0 bridgehead atoms. The van der Waals surface area contributed by atoms with Gasteiger partial charge in [0.05, 0.1) is 16.4 Å². The zero-order chi connectivity index (χ0) is 25.2. The molecule has 0 aliphatic rings. The normalized spacial score (nSPS) is 11.1. The van der Waals surface area contributed by atoms with Crippen LogP contribution >= 0.6 is 0 Å². The van der Waals surface area contributed by atoms with Crippen LogP contribution in [0.1, 0.15) is 32.6 Å². The number of aromatic nitrogens is 1. The van der Waals surface area contributed by atoms with Gasteiger partial charge in [-0.2, -0.15) is 0 Å². The Labute approximate surface area is 208 Å². The van der Waals surface area contributed by atoms with Crippen molar-refractivity contribution in [1.29, 1.82) is 0 Å². The molecule has 0 aliphatic carbocycles. The minimum atomic E-state index is -1.07. The Bertz CT molecular complexity index is 1600. The van der Waals surface area contributed by atoms with Crippen molar-refractivity contribution < 1.29 is 19.4 Å². The van der Waals surface area contributed by atoms with Gasteiger partial charge >= 0.3 is 5.97 Å². The number of aryl methyl sites for hydroxylation is 1. The van der Waals surface area contributed by atoms with E-state index in [4.69, 9.17) is 10.5 Å². The van der Waals surface area contributed by atoms with Gasteiger partial charge in [0.1, 0.15) is 5.75 Å². The maximum Gasteiger partial charge on any atom is 0.341 e. The number of nitrogens with two attached hydrogens (primary N) is 1. The van der Waals surface area contributed by atoms with Crippen LogP contribution < -0.4 is 10.5 Å². The molecule has 0 saturated heterocycles. The molecule has 36 heavy (non-hydrogen) atoms. The smallest absolute Gasteiger partial charge is 0.341 e. The van der Waals surface area contributed by atoms with Crippen LogP contribution in [0.25, 0.3) is 21.8 Å². The average molecular weight is 479 g/mol. The van der Waals surface area contributed by atoms with Crippen LogP contribution in [0, 0.1) is 6.92 Å². The van der Waals surface area contributed by atoms with E-state index >= 15 is 0 Å². The molecule has 5 rings (SSSR count). The average Bonchev–Trinajstić information content (AvgIpc) is 3.17. The summed E-state index contributed by atoms with van der Waals surface area (Å²) in [6.45, 7) is 2.02. The SMILES string of the molecule is Cc1cc(OCC(=O)O)c2c3c(C(N)=O)cccc3n(Cc3ccccc3Cc3ccccc3)c2c1. The highest BCUT2D eigenvalue weighted by Crippen LogP contribution is 2.39. The fourth-order valence-electron chi connectivity index (χ4n) is 4.86. The summed E-state index contributed by atoms with van der Waals surface area (Å²) >= 11 is 0. The first kappa shape index (κ1) is 23.2. The number of amides is 1. The number of rotatable bonds is 8. The quantitative estimate of drug-likeness (QED) is 0.316. The van der Waals surface area contributed by atoms with E-state index in [1.54, 1.807) is 12.1 Å². The molecule has 0 saturated carbocycles. The van der Waals surface area contributed by atoms with Crippen LogP contribution in [-0.4, -0.2) is 28.2 Å². The van der Waals surface area contributed by atoms with Gasteiger partial charge in [-0.1, -0.05) is 60.7 Å². The van der Waals surface area contributed by atoms with Crippen LogP contribution in [0.15, 0.2) is 84.9 Å². The summed E-state index contributed by atoms with van der Waals surface area (Å²) in [7, 11) is 0. The molecule has 6 heteroatoms. The lowest BCUT2D eigenvalue weighted by molar-refractivity contribution is -0.139. The number of fused-ring (bicyclic) bond motifs is 3. The molecule has 0 fully saturated rings. The number of carbonyl (C=O) groups is 2. The molecule has 1 aromatic heterocycles. The third-order valence-corrected chi connectivity index (χ3v) is 6.40. The molecule has 0 radical (unpaired) electrons. The first-order chi connectivity index (χ1) is 17.4. The van der Waals surface area contributed by atoms with Gasteiger partial charge in [-0.25, -0.2) is 4.79 Å². The predicted octanol–water partition coefficient (Wildman–Crippen LogP) is 5.30. The minimum Gasteiger partial charge on any atom is -0.481 e. The summed E-state index contributed by atoms with van der Waals surface area (Å²) in [5.74, 6) is -1.20. The van der Waals surface area contributed by atoms with Crippen LogP contribution in [0.5, 0.6) is 5.75 Å². The molecule has 180 valence electrons. The molecule has 0 unspecified atom stereocenters. The molecule has 6 nitrogen and oxygen atoms in total. The monoisotopic (exact) mass is 478 g/mol. The molecule has 0 atom stereocenters. The number of carboxylic acids is 1. The fourth-order valence-corrected chi connectivity index (χ4v) is 4.86. The number of benzene rings is 4. The van der Waals surface area contributed by atoms with Crippen LogP contribution in [0.4, 0.5) is 0 Å². The molecule has 1 amide bonds. The van der Waals surface area contributed by atoms with Crippen molar-refractivity contribution in [1.82, 2.24) is 4.57 Å². The van der Waals surface area contributed by atoms with Crippen molar-refractivity contribution in [2.75, 3.05) is 6.61 Å². The summed E-state index contributed by atoms with van der Waals surface area (Å²) in [5.41, 5.74) is 12.3. The van der Waals surface area contributed by atoms with Gasteiger partial charge in [0.15, 0.2) is 6.61 Å². The van der Waals surface area contributed by atoms with Crippen molar-refractivity contribution in [2.45, 2.75) is 19.9 Å². The van der Waals surface area contributed by atoms with Crippen molar-refractivity contribution in [3.05, 3.63) is 113 Å². The Balaban J connectivity index is 1.72. The summed E-state index contributed by atoms with van der Waals surface area (Å²) in [4.78, 5) is 23.7. The number of carbonyl (C=O) groups excluding carboxylic acids is 1. The van der Waals surface area contributed by atoms with E-state index in [9.17, 15) is 14.7 Å². The third-order valence-electron chi connectivity index (χ3n) is 6.40. The Hall–Kier alpha value is -4.58. The standard InChI is InChI=1S/C30H26N2O4/c1-19-14-25-29(26(15-19)36-18-27(33)34)28-23(30(31)35)12-7-13-24(28)32(25)17-22-11-6-5-10-21(22)16-20-8-3-2-4-9-20/h2-15H,16-18H2,1H3,(H2,31,35)(H,33,34). The Morgan fingerprint density at radius 2 is 1.58 bits per heavy atom. The number of ether oxygens (including phenoxy) is 1. The highest BCUT2D eigenvalue weighted by atomic mass is 16.5. The van der Waals surface area contributed by atoms with Gasteiger partial charge in [-0.15, -0.1) is 0 Å². The van der Waals surface area contributed by atoms with Crippen LogP contribution in [0.3, 0.4) is 0 Å². The fraction of sp³-hybridized carbons (Fsp3) is 0.133. The number of aliphatic carboxylic acids is 1. The molecule has 1 heterocycles. The van der Waals surface area contributed by atoms with E-state index in [1.807, 2.05) is 55.5 Å². The van der Waals surface area contributed by atoms with E-state index in [0.717, 1.165) is 28.6 Å². The highest BCUT2D eigenvalue weighted by molar-refractivity contribution is 6.19.